The van der Waals surface area contributed by atoms with Gasteiger partial charge in [0.2, 0.25) is 5.91 Å². The Morgan fingerprint density at radius 2 is 1.62 bits per heavy atom. The number of rotatable bonds is 6. The molecule has 228 valence electrons. The van der Waals surface area contributed by atoms with Gasteiger partial charge in [-0.2, -0.15) is 26.3 Å². The van der Waals surface area contributed by atoms with E-state index in [1.807, 2.05) is 12.1 Å². The van der Waals surface area contributed by atoms with Crippen molar-refractivity contribution >= 4 is 27.7 Å². The number of pyridine rings is 1. The Bertz CT molecular complexity index is 1070. The summed E-state index contributed by atoms with van der Waals surface area (Å²) in [5, 5.41) is 16.8. The fourth-order valence-electron chi connectivity index (χ4n) is 4.07. The molecule has 1 aromatic rings. The monoisotopic (exact) mass is 607 g/mol. The van der Waals surface area contributed by atoms with Gasteiger partial charge in [0.15, 0.2) is 9.84 Å². The molecule has 1 amide bonds. The molecule has 17 heteroatoms. The van der Waals surface area contributed by atoms with Crippen molar-refractivity contribution in [1.82, 2.24) is 15.2 Å². The van der Waals surface area contributed by atoms with Crippen LogP contribution in [-0.2, 0) is 30.8 Å². The Labute approximate surface area is 226 Å². The van der Waals surface area contributed by atoms with E-state index in [0.717, 1.165) is 18.5 Å². The van der Waals surface area contributed by atoms with Crippen LogP contribution in [0.2, 0.25) is 0 Å². The number of nitrogens with zero attached hydrogens (tertiary/aromatic N) is 2. The van der Waals surface area contributed by atoms with E-state index in [1.165, 1.54) is 0 Å². The summed E-state index contributed by atoms with van der Waals surface area (Å²) in [6.45, 7) is 6.98. The van der Waals surface area contributed by atoms with Gasteiger partial charge in [-0.1, -0.05) is 19.9 Å². The predicted octanol–water partition coefficient (Wildman–Crippen LogP) is 2.75. The van der Waals surface area contributed by atoms with Crippen LogP contribution in [0.25, 0.3) is 0 Å². The minimum absolute atomic E-state index is 0.0236. The molecule has 0 aliphatic carbocycles. The first kappa shape index (κ1) is 35.1. The number of fused-ring (bicyclic) bond motifs is 1. The maximum absolute atomic E-state index is 12.8. The molecule has 2 saturated heterocycles. The lowest BCUT2D eigenvalue weighted by Gasteiger charge is -2.31. The van der Waals surface area contributed by atoms with E-state index in [9.17, 15) is 39.6 Å². The summed E-state index contributed by atoms with van der Waals surface area (Å²) < 4.78 is 88.5. The summed E-state index contributed by atoms with van der Waals surface area (Å²) in [7, 11) is -3.10. The highest BCUT2D eigenvalue weighted by Crippen LogP contribution is 2.37. The Kier molecular flexibility index (Phi) is 12.8. The second-order valence-corrected chi connectivity index (χ2v) is 11.9. The number of likely N-dealkylation sites (tertiary alicyclic amines) is 1. The molecule has 0 spiro atoms. The van der Waals surface area contributed by atoms with Gasteiger partial charge in [-0.05, 0) is 36.9 Å². The zero-order chi connectivity index (χ0) is 30.9. The molecule has 40 heavy (non-hydrogen) atoms. The average Bonchev–Trinajstić information content (AvgIpc) is 3.27. The molecule has 3 N–H and O–H groups in total. The first-order valence-electron chi connectivity index (χ1n) is 12.0. The summed E-state index contributed by atoms with van der Waals surface area (Å²) >= 11 is 0. The smallest absolute Gasteiger partial charge is 0.475 e. The van der Waals surface area contributed by atoms with Crippen molar-refractivity contribution in [3.8, 4) is 0 Å². The van der Waals surface area contributed by atoms with Gasteiger partial charge in [0, 0.05) is 43.9 Å². The van der Waals surface area contributed by atoms with E-state index in [4.69, 9.17) is 19.8 Å². The molecule has 0 saturated carbocycles. The molecule has 0 radical (unpaired) electrons. The van der Waals surface area contributed by atoms with Crippen LogP contribution in [0.4, 0.5) is 26.3 Å². The van der Waals surface area contributed by atoms with Crippen molar-refractivity contribution in [2.45, 2.75) is 50.8 Å². The molecule has 1 aromatic heterocycles. The van der Waals surface area contributed by atoms with Crippen LogP contribution in [0, 0.1) is 17.8 Å². The molecule has 3 atom stereocenters. The largest absolute Gasteiger partial charge is 0.490 e. The zero-order valence-electron chi connectivity index (χ0n) is 21.6. The van der Waals surface area contributed by atoms with Crippen molar-refractivity contribution in [1.29, 1.82) is 0 Å². The molecule has 2 fully saturated rings. The van der Waals surface area contributed by atoms with Gasteiger partial charge in [-0.25, -0.2) is 18.0 Å². The normalized spacial score (nSPS) is 22.2. The van der Waals surface area contributed by atoms with Crippen LogP contribution in [0.5, 0.6) is 0 Å². The average molecular weight is 608 g/mol. The van der Waals surface area contributed by atoms with Gasteiger partial charge in [-0.3, -0.25) is 9.78 Å². The number of hydrogen-bond acceptors (Lipinski definition) is 7. The second-order valence-electron chi connectivity index (χ2n) is 9.59. The third kappa shape index (κ3) is 11.7. The molecule has 3 rings (SSSR count). The number of carbonyl (C=O) groups is 3. The lowest BCUT2D eigenvalue weighted by atomic mass is 9.87. The molecule has 2 aliphatic rings. The maximum atomic E-state index is 12.8. The molecular formula is C23H31F6N3O7S. The molecule has 2 aliphatic heterocycles. The minimum Gasteiger partial charge on any atom is -0.475 e. The van der Waals surface area contributed by atoms with Gasteiger partial charge in [0.25, 0.3) is 0 Å². The Hall–Kier alpha value is -2.95. The number of nitrogens with one attached hydrogen (secondary N) is 1. The number of sulfone groups is 1. The quantitative estimate of drug-likeness (QED) is 0.414. The molecule has 10 nitrogen and oxygen atoms in total. The number of amides is 1. The molecule has 0 aromatic carbocycles. The lowest BCUT2D eigenvalue weighted by molar-refractivity contribution is -0.193. The third-order valence-corrected chi connectivity index (χ3v) is 8.34. The SMILES string of the molecule is CC(C)CCN1C[C@H]2[C@@H](C1)S(=O)(=O)CC[C@H]2C(=O)NCc1cccnc1.O=C(O)C(F)(F)F.O=C(O)C(F)(F)F. The number of carboxylic acids is 2. The van der Waals surface area contributed by atoms with Crippen LogP contribution in [0.3, 0.4) is 0 Å². The summed E-state index contributed by atoms with van der Waals surface area (Å²) in [5.41, 5.74) is 0.950. The summed E-state index contributed by atoms with van der Waals surface area (Å²) in [6, 6.07) is 3.76. The molecule has 3 heterocycles. The van der Waals surface area contributed by atoms with E-state index in [2.05, 4.69) is 29.0 Å². The number of carboxylic acid groups (broad SMARTS) is 2. The van der Waals surface area contributed by atoms with Gasteiger partial charge in [0.05, 0.1) is 11.0 Å². The first-order chi connectivity index (χ1) is 18.3. The standard InChI is InChI=1S/C19H29N3O3S.2C2HF3O2/c1-14(2)5-8-22-12-17-16(6-9-26(24,25)18(17)13-22)19(23)21-11-15-4-3-7-20-10-15;2*3-2(4,5)1(6)7/h3-4,7,10,14,16-18H,5-6,8-9,11-13H2,1-2H3,(H,21,23);2*(H,6,7)/t16-,17-,18-;;/m1../s1. The topological polar surface area (TPSA) is 154 Å². The van der Waals surface area contributed by atoms with E-state index in [0.29, 0.717) is 32.0 Å². The van der Waals surface area contributed by atoms with E-state index in [-0.39, 0.29) is 23.5 Å². The number of hydrogen-bond donors (Lipinski definition) is 3. The van der Waals surface area contributed by atoms with Crippen LogP contribution in [-0.4, -0.2) is 89.4 Å². The number of aromatic nitrogens is 1. The predicted molar refractivity (Wildman–Crippen MR) is 129 cm³/mol. The van der Waals surface area contributed by atoms with Crippen LogP contribution < -0.4 is 5.32 Å². The van der Waals surface area contributed by atoms with E-state index >= 15 is 0 Å². The zero-order valence-corrected chi connectivity index (χ0v) is 22.4. The summed E-state index contributed by atoms with van der Waals surface area (Å²) in [5.74, 6) is -5.13. The van der Waals surface area contributed by atoms with Crippen LogP contribution in [0.1, 0.15) is 32.3 Å². The minimum atomic E-state index is -5.08. The fraction of sp³-hybridized carbons (Fsp3) is 0.652. The van der Waals surface area contributed by atoms with Gasteiger partial charge < -0.3 is 20.4 Å². The van der Waals surface area contributed by atoms with Crippen molar-refractivity contribution in [3.05, 3.63) is 30.1 Å². The van der Waals surface area contributed by atoms with Gasteiger partial charge >= 0.3 is 24.3 Å². The lowest BCUT2D eigenvalue weighted by Crippen LogP contribution is -2.47. The Balaban J connectivity index is 0.000000473. The number of alkyl halides is 6. The maximum Gasteiger partial charge on any atom is 0.490 e. The van der Waals surface area contributed by atoms with Crippen molar-refractivity contribution in [2.24, 2.45) is 17.8 Å². The molecule has 0 bridgehead atoms. The van der Waals surface area contributed by atoms with E-state index in [1.54, 1.807) is 12.4 Å². The van der Waals surface area contributed by atoms with Crippen LogP contribution in [0.15, 0.2) is 24.5 Å². The van der Waals surface area contributed by atoms with E-state index < -0.39 is 39.4 Å². The van der Waals surface area contributed by atoms with Crippen molar-refractivity contribution in [3.63, 3.8) is 0 Å². The highest BCUT2D eigenvalue weighted by atomic mass is 32.2. The van der Waals surface area contributed by atoms with Gasteiger partial charge in [-0.15, -0.1) is 0 Å². The Morgan fingerprint density at radius 3 is 2.08 bits per heavy atom. The number of aliphatic carboxylic acids is 2. The fourth-order valence-corrected chi connectivity index (χ4v) is 6.21. The highest BCUT2D eigenvalue weighted by Gasteiger charge is 2.50. The van der Waals surface area contributed by atoms with Crippen LogP contribution >= 0.6 is 0 Å². The summed E-state index contributed by atoms with van der Waals surface area (Å²) in [6.07, 6.45) is -5.25. The first-order valence-corrected chi connectivity index (χ1v) is 13.7. The molecule has 0 unspecified atom stereocenters. The molecular weight excluding hydrogens is 576 g/mol. The summed E-state index contributed by atoms with van der Waals surface area (Å²) in [4.78, 5) is 36.8. The highest BCUT2D eigenvalue weighted by molar-refractivity contribution is 7.92. The number of carbonyl (C=O) groups excluding carboxylic acids is 1. The second kappa shape index (κ2) is 14.6. The van der Waals surface area contributed by atoms with Crippen molar-refractivity contribution in [2.75, 3.05) is 25.4 Å². The van der Waals surface area contributed by atoms with Gasteiger partial charge in [0.1, 0.15) is 0 Å². The number of halogens is 6. The Morgan fingerprint density at radius 1 is 1.07 bits per heavy atom. The van der Waals surface area contributed by atoms with Crippen molar-refractivity contribution < 1.29 is 59.4 Å². The third-order valence-electron chi connectivity index (χ3n) is 6.11.